The standard InChI is InChI=1S/C38H45FN8O2/c1-24(2)46-23-41-33-21-32(43-36(35(33)46)42-31-10-13-40-22-30(31)39)26-8-9-29-34(18-26)47(28-19-27(20-28)45-14-6-4-5-7-15-45)37(49)38(29)11-16-44(17-12-38)25(3)48/h8-10,13,18,21-24,27-28H,4-7,11-12,14-17,19-20H2,1-3H3,(H,40,42,43). The van der Waals surface area contributed by atoms with Crippen LogP contribution in [0.2, 0.25) is 0 Å². The van der Waals surface area contributed by atoms with Crippen molar-refractivity contribution in [1.29, 1.82) is 0 Å². The second-order valence-electron chi connectivity index (χ2n) is 14.7. The van der Waals surface area contributed by atoms with E-state index in [0.717, 1.165) is 53.8 Å². The van der Waals surface area contributed by atoms with Crippen LogP contribution in [0.15, 0.2) is 49.1 Å². The molecule has 3 fully saturated rings. The lowest BCUT2D eigenvalue weighted by atomic mass is 9.73. The third kappa shape index (κ3) is 5.46. The lowest BCUT2D eigenvalue weighted by molar-refractivity contribution is -0.134. The molecule has 11 heteroatoms. The molecule has 1 saturated carbocycles. The van der Waals surface area contributed by atoms with Gasteiger partial charge >= 0.3 is 0 Å². The molecule has 3 aromatic heterocycles. The van der Waals surface area contributed by atoms with Crippen LogP contribution in [0.3, 0.4) is 0 Å². The molecule has 0 bridgehead atoms. The maximum absolute atomic E-state index is 14.8. The summed E-state index contributed by atoms with van der Waals surface area (Å²) >= 11 is 0. The van der Waals surface area contributed by atoms with Gasteiger partial charge in [0.2, 0.25) is 11.8 Å². The molecule has 0 unspecified atom stereocenters. The summed E-state index contributed by atoms with van der Waals surface area (Å²) in [5, 5.41) is 3.22. The van der Waals surface area contributed by atoms with Gasteiger partial charge in [-0.25, -0.2) is 14.4 Å². The Labute approximate surface area is 286 Å². The molecule has 0 radical (unpaired) electrons. The molecule has 10 nitrogen and oxygen atoms in total. The van der Waals surface area contributed by atoms with Crippen molar-refractivity contribution in [3.63, 3.8) is 0 Å². The van der Waals surface area contributed by atoms with E-state index in [4.69, 9.17) is 9.97 Å². The molecule has 256 valence electrons. The minimum absolute atomic E-state index is 0.0597. The Morgan fingerprint density at radius 2 is 1.76 bits per heavy atom. The topological polar surface area (TPSA) is 99.5 Å². The molecule has 49 heavy (non-hydrogen) atoms. The van der Waals surface area contributed by atoms with Crippen molar-refractivity contribution < 1.29 is 14.0 Å². The van der Waals surface area contributed by atoms with Gasteiger partial charge in [0.05, 0.1) is 34.8 Å². The van der Waals surface area contributed by atoms with Crippen LogP contribution >= 0.6 is 0 Å². The van der Waals surface area contributed by atoms with Crippen LogP contribution in [0.1, 0.15) is 83.7 Å². The Morgan fingerprint density at radius 3 is 2.45 bits per heavy atom. The van der Waals surface area contributed by atoms with Crippen LogP contribution in [0.5, 0.6) is 0 Å². The van der Waals surface area contributed by atoms with Gasteiger partial charge in [0.15, 0.2) is 11.6 Å². The van der Waals surface area contributed by atoms with Crippen molar-refractivity contribution in [3.05, 3.63) is 60.4 Å². The number of fused-ring (bicyclic) bond motifs is 3. The molecule has 8 rings (SSSR count). The Hall–Kier alpha value is -4.38. The first-order valence-corrected chi connectivity index (χ1v) is 18.0. The summed E-state index contributed by atoms with van der Waals surface area (Å²) in [5.41, 5.74) is 4.77. The zero-order chi connectivity index (χ0) is 33.9. The van der Waals surface area contributed by atoms with Gasteiger partial charge < -0.3 is 24.6 Å². The first kappa shape index (κ1) is 31.9. The number of carbonyl (C=O) groups excluding carboxylic acids is 2. The van der Waals surface area contributed by atoms with Crippen LogP contribution in [-0.2, 0) is 15.0 Å². The average molecular weight is 665 g/mol. The van der Waals surface area contributed by atoms with Crippen molar-refractivity contribution >= 4 is 40.0 Å². The molecule has 3 aliphatic heterocycles. The third-order valence-corrected chi connectivity index (χ3v) is 11.5. The highest BCUT2D eigenvalue weighted by Crippen LogP contribution is 2.52. The summed E-state index contributed by atoms with van der Waals surface area (Å²) in [6.07, 6.45) is 12.9. The highest BCUT2D eigenvalue weighted by atomic mass is 19.1. The zero-order valence-corrected chi connectivity index (χ0v) is 28.7. The van der Waals surface area contributed by atoms with E-state index in [9.17, 15) is 14.0 Å². The number of anilines is 3. The van der Waals surface area contributed by atoms with Crippen LogP contribution < -0.4 is 10.2 Å². The Bertz CT molecular complexity index is 1900. The van der Waals surface area contributed by atoms with Crippen molar-refractivity contribution in [2.45, 2.75) is 95.7 Å². The van der Waals surface area contributed by atoms with Crippen LogP contribution in [-0.4, -0.2) is 79.4 Å². The number of pyridine rings is 2. The van der Waals surface area contributed by atoms with Gasteiger partial charge in [0, 0.05) is 55.6 Å². The molecule has 2 saturated heterocycles. The highest BCUT2D eigenvalue weighted by Gasteiger charge is 2.55. The van der Waals surface area contributed by atoms with Gasteiger partial charge in [-0.05, 0) is 89.2 Å². The van der Waals surface area contributed by atoms with Crippen molar-refractivity contribution in [3.8, 4) is 11.3 Å². The van der Waals surface area contributed by atoms with Crippen molar-refractivity contribution in [2.24, 2.45) is 0 Å². The lowest BCUT2D eigenvalue weighted by Crippen LogP contribution is -2.58. The number of nitrogens with one attached hydrogen (secondary N) is 1. The van der Waals surface area contributed by atoms with Crippen molar-refractivity contribution in [1.82, 2.24) is 29.3 Å². The fraction of sp³-hybridized carbons (Fsp3) is 0.500. The number of hydrogen-bond acceptors (Lipinski definition) is 7. The molecule has 1 spiro atoms. The van der Waals surface area contributed by atoms with Crippen LogP contribution in [0, 0.1) is 5.82 Å². The number of nitrogens with zero attached hydrogens (tertiary/aromatic N) is 7. The van der Waals surface area contributed by atoms with E-state index in [1.807, 2.05) is 15.5 Å². The number of piperidine rings is 1. The van der Waals surface area contributed by atoms with E-state index in [2.05, 4.69) is 52.1 Å². The van der Waals surface area contributed by atoms with Crippen LogP contribution in [0.25, 0.3) is 22.3 Å². The van der Waals surface area contributed by atoms with E-state index in [1.165, 1.54) is 31.9 Å². The lowest BCUT2D eigenvalue weighted by Gasteiger charge is -2.47. The number of imidazole rings is 1. The molecule has 2 amide bonds. The predicted octanol–water partition coefficient (Wildman–Crippen LogP) is 6.59. The quantitative estimate of drug-likeness (QED) is 0.248. The minimum Gasteiger partial charge on any atom is -0.343 e. The second kappa shape index (κ2) is 12.5. The number of aromatic nitrogens is 4. The molecular weight excluding hydrogens is 619 g/mol. The van der Waals surface area contributed by atoms with Gasteiger partial charge in [-0.15, -0.1) is 0 Å². The molecule has 1 aromatic carbocycles. The fourth-order valence-corrected chi connectivity index (χ4v) is 8.62. The number of rotatable bonds is 6. The monoisotopic (exact) mass is 664 g/mol. The third-order valence-electron chi connectivity index (χ3n) is 11.5. The number of hydrogen-bond donors (Lipinski definition) is 1. The van der Waals surface area contributed by atoms with Crippen molar-refractivity contribution in [2.75, 3.05) is 36.4 Å². The van der Waals surface area contributed by atoms with E-state index >= 15 is 0 Å². The maximum atomic E-state index is 14.8. The normalized spacial score (nSPS) is 22.4. The number of likely N-dealkylation sites (tertiary alicyclic amines) is 2. The Kier molecular flexibility index (Phi) is 8.13. The van der Waals surface area contributed by atoms with Gasteiger partial charge in [-0.2, -0.15) is 0 Å². The van der Waals surface area contributed by atoms with Gasteiger partial charge in [-0.3, -0.25) is 14.6 Å². The zero-order valence-electron chi connectivity index (χ0n) is 28.7. The van der Waals surface area contributed by atoms with Crippen LogP contribution in [0.4, 0.5) is 21.6 Å². The fourth-order valence-electron chi connectivity index (χ4n) is 8.62. The average Bonchev–Trinajstić information content (AvgIpc) is 3.47. The number of amides is 2. The molecule has 0 atom stereocenters. The molecular formula is C38H45FN8O2. The molecule has 4 aliphatic rings. The largest absolute Gasteiger partial charge is 0.343 e. The first-order valence-electron chi connectivity index (χ1n) is 18.0. The van der Waals surface area contributed by atoms with E-state index in [1.54, 1.807) is 25.5 Å². The summed E-state index contributed by atoms with van der Waals surface area (Å²) in [6.45, 7) is 9.22. The Balaban J connectivity index is 1.18. The summed E-state index contributed by atoms with van der Waals surface area (Å²) < 4.78 is 16.8. The number of carbonyl (C=O) groups is 2. The van der Waals surface area contributed by atoms with Gasteiger partial charge in [0.25, 0.3) is 0 Å². The second-order valence-corrected chi connectivity index (χ2v) is 14.7. The summed E-state index contributed by atoms with van der Waals surface area (Å²) in [7, 11) is 0. The van der Waals surface area contributed by atoms with E-state index < -0.39 is 11.2 Å². The highest BCUT2D eigenvalue weighted by molar-refractivity contribution is 6.09. The molecule has 4 aromatic rings. The number of halogens is 1. The summed E-state index contributed by atoms with van der Waals surface area (Å²) in [4.78, 5) is 47.3. The maximum Gasteiger partial charge on any atom is 0.238 e. The molecule has 1 N–H and O–H groups in total. The number of benzene rings is 1. The molecule has 1 aliphatic carbocycles. The first-order chi connectivity index (χ1) is 23.7. The minimum atomic E-state index is -0.632. The van der Waals surface area contributed by atoms with Gasteiger partial charge in [-0.1, -0.05) is 25.0 Å². The SMILES string of the molecule is CC(=O)N1CCC2(CC1)C(=O)N(C1CC(N3CCCCCC3)C1)c1cc(-c3cc4ncn(C(C)C)c4c(Nc4ccncc4F)n3)ccc12. The summed E-state index contributed by atoms with van der Waals surface area (Å²) in [6, 6.07) is 10.6. The summed E-state index contributed by atoms with van der Waals surface area (Å²) in [5.74, 6) is 0.274. The van der Waals surface area contributed by atoms with E-state index in [-0.39, 0.29) is 29.6 Å². The predicted molar refractivity (Wildman–Crippen MR) is 188 cm³/mol. The molecule has 6 heterocycles. The van der Waals surface area contributed by atoms with Gasteiger partial charge in [0.1, 0.15) is 5.52 Å². The smallest absolute Gasteiger partial charge is 0.238 e. The van der Waals surface area contributed by atoms with E-state index in [0.29, 0.717) is 43.5 Å². The Morgan fingerprint density at radius 1 is 1.00 bits per heavy atom.